The van der Waals surface area contributed by atoms with Crippen molar-refractivity contribution in [1.82, 2.24) is 25.2 Å². The van der Waals surface area contributed by atoms with Crippen molar-refractivity contribution in [2.45, 2.75) is 32.4 Å². The molecule has 0 unspecified atom stereocenters. The van der Waals surface area contributed by atoms with E-state index in [9.17, 15) is 0 Å². The predicted molar refractivity (Wildman–Crippen MR) is 61.2 cm³/mol. The molecule has 2 aromatic heterocycles. The molecule has 0 radical (unpaired) electrons. The first-order valence-corrected chi connectivity index (χ1v) is 5.96. The van der Waals surface area contributed by atoms with E-state index in [0.29, 0.717) is 11.7 Å². The molecule has 0 aromatic carbocycles. The van der Waals surface area contributed by atoms with Crippen LogP contribution in [0, 0.1) is 0 Å². The van der Waals surface area contributed by atoms with E-state index in [0.717, 1.165) is 31.5 Å². The number of hydrogen-bond acceptors (Lipinski definition) is 5. The summed E-state index contributed by atoms with van der Waals surface area (Å²) in [7, 11) is 0. The van der Waals surface area contributed by atoms with Gasteiger partial charge in [0.1, 0.15) is 0 Å². The smallest absolute Gasteiger partial charge is 0.244 e. The largest absolute Gasteiger partial charge is 0.337 e. The van der Waals surface area contributed by atoms with Gasteiger partial charge in [-0.3, -0.25) is 4.68 Å². The first-order chi connectivity index (χ1) is 8.36. The Morgan fingerprint density at radius 2 is 2.53 bits per heavy atom. The van der Waals surface area contributed by atoms with Gasteiger partial charge in [-0.1, -0.05) is 5.16 Å². The first-order valence-electron chi connectivity index (χ1n) is 5.96. The zero-order valence-corrected chi connectivity index (χ0v) is 9.76. The second kappa shape index (κ2) is 4.29. The molecular weight excluding hydrogens is 218 g/mol. The van der Waals surface area contributed by atoms with Crippen LogP contribution < -0.4 is 5.32 Å². The van der Waals surface area contributed by atoms with Gasteiger partial charge in [0.15, 0.2) is 0 Å². The van der Waals surface area contributed by atoms with Crippen LogP contribution in [0.4, 0.5) is 0 Å². The molecule has 1 atom stereocenters. The van der Waals surface area contributed by atoms with Gasteiger partial charge in [0.25, 0.3) is 0 Å². The maximum atomic E-state index is 5.29. The van der Waals surface area contributed by atoms with Gasteiger partial charge in [0, 0.05) is 12.7 Å². The van der Waals surface area contributed by atoms with Gasteiger partial charge in [-0.05, 0) is 26.3 Å². The molecule has 1 aliphatic rings. The average Bonchev–Trinajstić information content (AvgIpc) is 3.09. The molecule has 0 aliphatic carbocycles. The monoisotopic (exact) mass is 233 g/mol. The Bertz CT molecular complexity index is 497. The molecular formula is C11H15N5O. The molecule has 0 bridgehead atoms. The van der Waals surface area contributed by atoms with Gasteiger partial charge in [-0.2, -0.15) is 10.1 Å². The van der Waals surface area contributed by atoms with Crippen molar-refractivity contribution in [2.24, 2.45) is 0 Å². The molecule has 1 aliphatic heterocycles. The molecule has 6 heteroatoms. The molecule has 0 amide bonds. The summed E-state index contributed by atoms with van der Waals surface area (Å²) in [6.45, 7) is 3.91. The summed E-state index contributed by atoms with van der Waals surface area (Å²) in [6, 6.07) is 0.220. The number of nitrogens with one attached hydrogen (secondary N) is 1. The Morgan fingerprint density at radius 1 is 1.59 bits per heavy atom. The van der Waals surface area contributed by atoms with Crippen LogP contribution in [-0.2, 0) is 6.54 Å². The zero-order valence-electron chi connectivity index (χ0n) is 9.76. The van der Waals surface area contributed by atoms with E-state index in [1.165, 1.54) is 0 Å². The fourth-order valence-electron chi connectivity index (χ4n) is 2.04. The van der Waals surface area contributed by atoms with E-state index in [4.69, 9.17) is 4.52 Å². The topological polar surface area (TPSA) is 68.8 Å². The summed E-state index contributed by atoms with van der Waals surface area (Å²) >= 11 is 0. The Morgan fingerprint density at radius 3 is 3.24 bits per heavy atom. The standard InChI is InChI=1S/C11H15N5O/c1-2-16-7-8(6-13-16)10-14-11(17-15-10)9-4-3-5-12-9/h6-7,9,12H,2-5H2,1H3/t9-/m0/s1. The van der Waals surface area contributed by atoms with Gasteiger partial charge in [0.2, 0.25) is 11.7 Å². The number of hydrogen-bond donors (Lipinski definition) is 1. The summed E-state index contributed by atoms with van der Waals surface area (Å²) in [5.74, 6) is 1.30. The maximum Gasteiger partial charge on any atom is 0.244 e. The van der Waals surface area contributed by atoms with E-state index in [1.54, 1.807) is 6.20 Å². The fraction of sp³-hybridized carbons (Fsp3) is 0.545. The Balaban J connectivity index is 1.83. The Hall–Kier alpha value is -1.69. The minimum absolute atomic E-state index is 0.220. The molecule has 90 valence electrons. The molecule has 1 fully saturated rings. The lowest BCUT2D eigenvalue weighted by Crippen LogP contribution is -2.12. The summed E-state index contributed by atoms with van der Waals surface area (Å²) < 4.78 is 7.13. The van der Waals surface area contributed by atoms with Gasteiger partial charge in [0.05, 0.1) is 17.8 Å². The SMILES string of the molecule is CCn1cc(-c2noc([C@@H]3CCCN3)n2)cn1. The van der Waals surface area contributed by atoms with Crippen molar-refractivity contribution < 1.29 is 4.52 Å². The molecule has 1 N–H and O–H groups in total. The van der Waals surface area contributed by atoms with E-state index < -0.39 is 0 Å². The molecule has 3 rings (SSSR count). The van der Waals surface area contributed by atoms with Crippen LogP contribution in [0.2, 0.25) is 0 Å². The van der Waals surface area contributed by atoms with E-state index in [1.807, 2.05) is 17.8 Å². The average molecular weight is 233 g/mol. The highest BCUT2D eigenvalue weighted by Crippen LogP contribution is 2.23. The second-order valence-electron chi connectivity index (χ2n) is 4.19. The highest BCUT2D eigenvalue weighted by molar-refractivity contribution is 5.51. The molecule has 3 heterocycles. The fourth-order valence-corrected chi connectivity index (χ4v) is 2.04. The minimum atomic E-state index is 0.220. The molecule has 1 saturated heterocycles. The number of rotatable bonds is 3. The summed E-state index contributed by atoms with van der Waals surface area (Å²) in [5, 5.41) is 11.5. The highest BCUT2D eigenvalue weighted by atomic mass is 16.5. The van der Waals surface area contributed by atoms with Crippen molar-refractivity contribution >= 4 is 0 Å². The Labute approximate surface area is 99.0 Å². The van der Waals surface area contributed by atoms with Crippen molar-refractivity contribution in [3.63, 3.8) is 0 Å². The van der Waals surface area contributed by atoms with Crippen molar-refractivity contribution in [3.05, 3.63) is 18.3 Å². The summed E-state index contributed by atoms with van der Waals surface area (Å²) in [5.41, 5.74) is 0.903. The van der Waals surface area contributed by atoms with Crippen LogP contribution in [0.3, 0.4) is 0 Å². The van der Waals surface area contributed by atoms with Gasteiger partial charge >= 0.3 is 0 Å². The van der Waals surface area contributed by atoms with Crippen LogP contribution in [0.1, 0.15) is 31.7 Å². The first kappa shape index (κ1) is 10.5. The molecule has 17 heavy (non-hydrogen) atoms. The quantitative estimate of drug-likeness (QED) is 0.867. The third-order valence-corrected chi connectivity index (χ3v) is 3.02. The van der Waals surface area contributed by atoms with Crippen LogP contribution in [0.25, 0.3) is 11.4 Å². The second-order valence-corrected chi connectivity index (χ2v) is 4.19. The van der Waals surface area contributed by atoms with E-state index >= 15 is 0 Å². The highest BCUT2D eigenvalue weighted by Gasteiger charge is 2.22. The van der Waals surface area contributed by atoms with Gasteiger partial charge in [-0.25, -0.2) is 0 Å². The van der Waals surface area contributed by atoms with Crippen LogP contribution >= 0.6 is 0 Å². The third-order valence-electron chi connectivity index (χ3n) is 3.02. The van der Waals surface area contributed by atoms with Crippen molar-refractivity contribution in [2.75, 3.05) is 6.54 Å². The van der Waals surface area contributed by atoms with E-state index in [2.05, 4.69) is 20.6 Å². The lowest BCUT2D eigenvalue weighted by atomic mass is 10.2. The van der Waals surface area contributed by atoms with Crippen LogP contribution in [0.15, 0.2) is 16.9 Å². The zero-order chi connectivity index (χ0) is 11.7. The third kappa shape index (κ3) is 1.95. The van der Waals surface area contributed by atoms with Gasteiger partial charge in [-0.15, -0.1) is 0 Å². The van der Waals surface area contributed by atoms with Crippen molar-refractivity contribution in [1.29, 1.82) is 0 Å². The minimum Gasteiger partial charge on any atom is -0.337 e. The molecule has 0 saturated carbocycles. The van der Waals surface area contributed by atoms with E-state index in [-0.39, 0.29) is 6.04 Å². The summed E-state index contributed by atoms with van der Waals surface area (Å²) in [4.78, 5) is 4.42. The van der Waals surface area contributed by atoms with Gasteiger partial charge < -0.3 is 9.84 Å². The normalized spacial score (nSPS) is 19.9. The lowest BCUT2D eigenvalue weighted by Gasteiger charge is -2.01. The number of aromatic nitrogens is 4. The number of nitrogens with zero attached hydrogens (tertiary/aromatic N) is 4. The van der Waals surface area contributed by atoms with Crippen LogP contribution in [0.5, 0.6) is 0 Å². The molecule has 0 spiro atoms. The maximum absolute atomic E-state index is 5.29. The summed E-state index contributed by atoms with van der Waals surface area (Å²) in [6.07, 6.45) is 5.92. The lowest BCUT2D eigenvalue weighted by molar-refractivity contribution is 0.345. The van der Waals surface area contributed by atoms with Crippen LogP contribution in [-0.4, -0.2) is 26.5 Å². The predicted octanol–water partition coefficient (Wildman–Crippen LogP) is 1.38. The molecule has 6 nitrogen and oxygen atoms in total. The Kier molecular flexibility index (Phi) is 2.64. The molecule has 2 aromatic rings. The van der Waals surface area contributed by atoms with Crippen molar-refractivity contribution in [3.8, 4) is 11.4 Å². The number of aryl methyl sites for hydroxylation is 1.